The summed E-state index contributed by atoms with van der Waals surface area (Å²) in [5, 5.41) is 2.06. The van der Waals surface area contributed by atoms with Gasteiger partial charge < -0.3 is 5.73 Å². The maximum absolute atomic E-state index is 13.3. The third-order valence-electron chi connectivity index (χ3n) is 2.80. The highest BCUT2D eigenvalue weighted by atomic mass is 19.2. The number of hydrogen-bond acceptors (Lipinski definition) is 4. The number of hydrogen-bond donors (Lipinski definition) is 2. The molecule has 2 rings (SSSR count). The molecule has 1 aromatic rings. The number of aromatic nitrogens is 1. The molecule has 1 unspecified atom stereocenters. The Bertz CT molecular complexity index is 589. The van der Waals surface area contributed by atoms with Crippen molar-refractivity contribution >= 4 is 17.7 Å². The van der Waals surface area contributed by atoms with Gasteiger partial charge in [-0.1, -0.05) is 0 Å². The van der Waals surface area contributed by atoms with E-state index in [1.165, 1.54) is 0 Å². The molecule has 2 heterocycles. The first-order chi connectivity index (χ1) is 8.90. The number of nitrogens with one attached hydrogen (secondary N) is 1. The molecule has 3 N–H and O–H groups in total. The van der Waals surface area contributed by atoms with Crippen molar-refractivity contribution < 1.29 is 23.2 Å². The summed E-state index contributed by atoms with van der Waals surface area (Å²) >= 11 is 0. The van der Waals surface area contributed by atoms with Gasteiger partial charge in [-0.25, -0.2) is 9.37 Å². The first kappa shape index (κ1) is 13.1. The van der Waals surface area contributed by atoms with Gasteiger partial charge in [-0.2, -0.15) is 4.39 Å². The third kappa shape index (κ3) is 2.42. The molecule has 1 saturated heterocycles. The van der Waals surface area contributed by atoms with E-state index < -0.39 is 41.0 Å². The Balaban J connectivity index is 2.43. The highest BCUT2D eigenvalue weighted by Crippen LogP contribution is 2.25. The van der Waals surface area contributed by atoms with Crippen molar-refractivity contribution in [3.63, 3.8) is 0 Å². The Morgan fingerprint density at radius 3 is 2.68 bits per heavy atom. The molecule has 0 aliphatic carbocycles. The fourth-order valence-corrected chi connectivity index (χ4v) is 1.85. The Morgan fingerprint density at radius 2 is 2.11 bits per heavy atom. The van der Waals surface area contributed by atoms with E-state index in [1.807, 2.05) is 0 Å². The van der Waals surface area contributed by atoms with E-state index in [-0.39, 0.29) is 18.5 Å². The van der Waals surface area contributed by atoms with E-state index in [9.17, 15) is 23.2 Å². The molecule has 1 fully saturated rings. The summed E-state index contributed by atoms with van der Waals surface area (Å²) in [4.78, 5) is 36.8. The van der Waals surface area contributed by atoms with Crippen LogP contribution < -0.4 is 11.1 Å². The molecule has 0 saturated carbocycles. The number of carbonyl (C=O) groups is 3. The van der Waals surface area contributed by atoms with Gasteiger partial charge in [0.15, 0.2) is 5.82 Å². The van der Waals surface area contributed by atoms with Crippen molar-refractivity contribution in [2.45, 2.75) is 18.8 Å². The molecule has 0 spiro atoms. The molecule has 3 amide bonds. The summed E-state index contributed by atoms with van der Waals surface area (Å²) in [5.41, 5.74) is 4.11. The molecule has 100 valence electrons. The monoisotopic (exact) mass is 269 g/mol. The lowest BCUT2D eigenvalue weighted by molar-refractivity contribution is -0.134. The number of imide groups is 1. The first-order valence-electron chi connectivity index (χ1n) is 5.39. The lowest BCUT2D eigenvalue weighted by atomic mass is 9.93. The van der Waals surface area contributed by atoms with Crippen molar-refractivity contribution in [3.05, 3.63) is 29.1 Å². The van der Waals surface area contributed by atoms with E-state index >= 15 is 0 Å². The number of rotatable bonds is 2. The van der Waals surface area contributed by atoms with Crippen LogP contribution in [0.15, 0.2) is 6.07 Å². The number of nitrogens with two attached hydrogens (primary N) is 1. The number of primary amides is 1. The van der Waals surface area contributed by atoms with E-state index in [2.05, 4.69) is 10.3 Å². The van der Waals surface area contributed by atoms with Crippen LogP contribution in [0.25, 0.3) is 0 Å². The maximum atomic E-state index is 13.3. The zero-order chi connectivity index (χ0) is 14.2. The van der Waals surface area contributed by atoms with Crippen LogP contribution in [0.2, 0.25) is 0 Å². The van der Waals surface area contributed by atoms with Gasteiger partial charge in [0.2, 0.25) is 17.8 Å². The smallest absolute Gasteiger partial charge is 0.251 e. The van der Waals surface area contributed by atoms with Gasteiger partial charge in [0.25, 0.3) is 5.91 Å². The molecule has 19 heavy (non-hydrogen) atoms. The average Bonchev–Trinajstić information content (AvgIpc) is 2.32. The molecule has 6 nitrogen and oxygen atoms in total. The quantitative estimate of drug-likeness (QED) is 0.581. The van der Waals surface area contributed by atoms with Crippen LogP contribution in [0.5, 0.6) is 0 Å². The lowest BCUT2D eigenvalue weighted by Crippen LogP contribution is -2.40. The number of piperidine rings is 1. The van der Waals surface area contributed by atoms with Crippen LogP contribution in [0.3, 0.4) is 0 Å². The largest absolute Gasteiger partial charge is 0.366 e. The molecule has 1 aromatic heterocycles. The predicted molar refractivity (Wildman–Crippen MR) is 57.8 cm³/mol. The van der Waals surface area contributed by atoms with Crippen LogP contribution in [-0.4, -0.2) is 22.7 Å². The minimum absolute atomic E-state index is 0.0585. The van der Waals surface area contributed by atoms with Gasteiger partial charge >= 0.3 is 0 Å². The van der Waals surface area contributed by atoms with Crippen LogP contribution in [-0.2, 0) is 9.59 Å². The second-order valence-electron chi connectivity index (χ2n) is 4.07. The number of nitrogens with zero attached hydrogens (tertiary/aromatic N) is 1. The van der Waals surface area contributed by atoms with Gasteiger partial charge in [0.1, 0.15) is 0 Å². The number of carbonyl (C=O) groups excluding carboxylic acids is 3. The molecular weight excluding hydrogens is 260 g/mol. The van der Waals surface area contributed by atoms with Gasteiger partial charge in [-0.3, -0.25) is 19.7 Å². The second-order valence-corrected chi connectivity index (χ2v) is 4.07. The molecule has 1 aliphatic rings. The Labute approximate surface area is 106 Å². The molecular formula is C11H9F2N3O3. The summed E-state index contributed by atoms with van der Waals surface area (Å²) in [6.07, 6.45) is 0.171. The fourth-order valence-electron chi connectivity index (χ4n) is 1.85. The first-order valence-corrected chi connectivity index (χ1v) is 5.39. The second kappa shape index (κ2) is 4.71. The Morgan fingerprint density at radius 1 is 1.42 bits per heavy atom. The summed E-state index contributed by atoms with van der Waals surface area (Å²) in [6.45, 7) is 0. The number of halogens is 2. The number of amides is 3. The normalized spacial score (nSPS) is 19.2. The van der Waals surface area contributed by atoms with Crippen LogP contribution in [0.1, 0.15) is 34.8 Å². The van der Waals surface area contributed by atoms with Crippen molar-refractivity contribution in [3.8, 4) is 0 Å². The Hall–Kier alpha value is -2.38. The minimum atomic E-state index is -1.50. The van der Waals surface area contributed by atoms with E-state index in [1.54, 1.807) is 0 Å². The van der Waals surface area contributed by atoms with E-state index in [4.69, 9.17) is 5.73 Å². The highest BCUT2D eigenvalue weighted by molar-refractivity contribution is 6.01. The molecule has 0 aromatic carbocycles. The van der Waals surface area contributed by atoms with Crippen molar-refractivity contribution in [2.75, 3.05) is 0 Å². The highest BCUT2D eigenvalue weighted by Gasteiger charge is 2.31. The van der Waals surface area contributed by atoms with E-state index in [0.29, 0.717) is 0 Å². The van der Waals surface area contributed by atoms with Crippen molar-refractivity contribution in [2.24, 2.45) is 5.73 Å². The third-order valence-corrected chi connectivity index (χ3v) is 2.80. The predicted octanol–water partition coefficient (Wildman–Crippen LogP) is -0.0211. The topological polar surface area (TPSA) is 102 Å². The maximum Gasteiger partial charge on any atom is 0.251 e. The van der Waals surface area contributed by atoms with Gasteiger partial charge in [0, 0.05) is 6.42 Å². The standard InChI is InChI=1S/C11H9F2N3O3/c12-8-5(10(14)18)3-6(15-9(8)13)4-1-2-7(17)16-11(4)19/h3-4H,1-2H2,(H2,14,18)(H,16,17,19). The van der Waals surface area contributed by atoms with Gasteiger partial charge in [-0.05, 0) is 12.5 Å². The SMILES string of the molecule is NC(=O)c1cc(C2CCC(=O)NC2=O)nc(F)c1F. The number of pyridine rings is 1. The summed E-state index contributed by atoms with van der Waals surface area (Å²) in [7, 11) is 0. The van der Waals surface area contributed by atoms with Crippen molar-refractivity contribution in [1.82, 2.24) is 10.3 Å². The molecule has 8 heteroatoms. The van der Waals surface area contributed by atoms with Gasteiger partial charge in [-0.15, -0.1) is 0 Å². The summed E-state index contributed by atoms with van der Waals surface area (Å²) in [6, 6.07) is 0.931. The zero-order valence-corrected chi connectivity index (χ0v) is 9.57. The van der Waals surface area contributed by atoms with Crippen LogP contribution in [0.4, 0.5) is 8.78 Å². The molecule has 0 radical (unpaired) electrons. The van der Waals surface area contributed by atoms with Crippen LogP contribution in [0, 0.1) is 11.8 Å². The summed E-state index contributed by atoms with van der Waals surface area (Å²) < 4.78 is 26.5. The van der Waals surface area contributed by atoms with E-state index in [0.717, 1.165) is 6.07 Å². The van der Waals surface area contributed by atoms with Gasteiger partial charge in [0.05, 0.1) is 17.2 Å². The molecule has 0 bridgehead atoms. The lowest BCUT2D eigenvalue weighted by Gasteiger charge is -2.20. The zero-order valence-electron chi connectivity index (χ0n) is 9.57. The van der Waals surface area contributed by atoms with Crippen molar-refractivity contribution in [1.29, 1.82) is 0 Å². The summed E-state index contributed by atoms with van der Waals surface area (Å²) in [5.74, 6) is -6.14. The Kier molecular flexibility index (Phi) is 3.24. The fraction of sp³-hybridized carbons (Fsp3) is 0.273. The average molecular weight is 269 g/mol. The molecule has 1 aliphatic heterocycles. The molecule has 1 atom stereocenters. The minimum Gasteiger partial charge on any atom is -0.366 e. The van der Waals surface area contributed by atoms with Crippen LogP contribution >= 0.6 is 0 Å².